The molecule has 1 heterocycles. The van der Waals surface area contributed by atoms with Crippen LogP contribution < -0.4 is 10.3 Å². The van der Waals surface area contributed by atoms with Gasteiger partial charge in [-0.1, -0.05) is 56.3 Å². The Bertz CT molecular complexity index is 1210. The Morgan fingerprint density at radius 3 is 2.40 bits per heavy atom. The molecule has 0 atom stereocenters. The lowest BCUT2D eigenvalue weighted by Gasteiger charge is -2.15. The van der Waals surface area contributed by atoms with E-state index in [0.29, 0.717) is 30.2 Å². The molecule has 1 aromatic heterocycles. The van der Waals surface area contributed by atoms with Gasteiger partial charge in [-0.05, 0) is 47.4 Å². The fourth-order valence-electron chi connectivity index (χ4n) is 3.47. The quantitative estimate of drug-likeness (QED) is 0.407. The maximum Gasteiger partial charge on any atom is 0.258 e. The van der Waals surface area contributed by atoms with E-state index in [1.165, 1.54) is 12.1 Å². The van der Waals surface area contributed by atoms with Crippen LogP contribution in [0.4, 0.5) is 4.39 Å². The second kappa shape index (κ2) is 8.54. The van der Waals surface area contributed by atoms with Gasteiger partial charge >= 0.3 is 0 Å². The number of aromatic nitrogens is 1. The van der Waals surface area contributed by atoms with Gasteiger partial charge in [0.1, 0.15) is 18.2 Å². The zero-order chi connectivity index (χ0) is 21.1. The van der Waals surface area contributed by atoms with E-state index in [1.807, 2.05) is 42.5 Å². The van der Waals surface area contributed by atoms with Gasteiger partial charge in [-0.25, -0.2) is 4.39 Å². The molecule has 30 heavy (non-hydrogen) atoms. The second-order valence-corrected chi connectivity index (χ2v) is 7.78. The van der Waals surface area contributed by atoms with Crippen molar-refractivity contribution in [2.24, 2.45) is 5.92 Å². The second-order valence-electron chi connectivity index (χ2n) is 7.78. The van der Waals surface area contributed by atoms with Crippen LogP contribution >= 0.6 is 0 Å². The Kier molecular flexibility index (Phi) is 5.66. The van der Waals surface area contributed by atoms with Crippen molar-refractivity contribution in [3.05, 3.63) is 101 Å². The number of ether oxygens (including phenoxy) is 1. The summed E-state index contributed by atoms with van der Waals surface area (Å²) in [6.45, 7) is 5.12. The van der Waals surface area contributed by atoms with Crippen LogP contribution in [0.25, 0.3) is 21.9 Å². The molecule has 0 spiro atoms. The molecule has 4 aromatic rings. The average Bonchev–Trinajstić information content (AvgIpc) is 2.75. The molecule has 0 saturated heterocycles. The summed E-state index contributed by atoms with van der Waals surface area (Å²) in [7, 11) is 0. The molecule has 4 heteroatoms. The van der Waals surface area contributed by atoms with Crippen LogP contribution in [0.1, 0.15) is 19.4 Å². The van der Waals surface area contributed by atoms with Gasteiger partial charge in [0.2, 0.25) is 0 Å². The maximum atomic E-state index is 13.5. The van der Waals surface area contributed by atoms with E-state index in [9.17, 15) is 9.18 Å². The summed E-state index contributed by atoms with van der Waals surface area (Å²) in [4.78, 5) is 13.0. The third-order valence-electron chi connectivity index (χ3n) is 4.91. The molecular weight excluding hydrogens is 377 g/mol. The van der Waals surface area contributed by atoms with Crippen molar-refractivity contribution in [3.63, 3.8) is 0 Å². The van der Waals surface area contributed by atoms with Crippen molar-refractivity contribution >= 4 is 10.8 Å². The number of hydrogen-bond donors (Lipinski definition) is 0. The van der Waals surface area contributed by atoms with Gasteiger partial charge in [0, 0.05) is 22.9 Å². The van der Waals surface area contributed by atoms with Crippen LogP contribution in [0.2, 0.25) is 0 Å². The molecule has 0 aliphatic carbocycles. The highest BCUT2D eigenvalue weighted by atomic mass is 19.1. The first-order valence-corrected chi connectivity index (χ1v) is 10.0. The van der Waals surface area contributed by atoms with Crippen molar-refractivity contribution < 1.29 is 9.13 Å². The minimum atomic E-state index is -0.301. The van der Waals surface area contributed by atoms with Crippen LogP contribution in [-0.4, -0.2) is 4.57 Å². The van der Waals surface area contributed by atoms with E-state index in [4.69, 9.17) is 4.74 Å². The molecule has 0 saturated carbocycles. The Morgan fingerprint density at radius 2 is 1.70 bits per heavy atom. The molecule has 0 fully saturated rings. The Balaban J connectivity index is 1.81. The summed E-state index contributed by atoms with van der Waals surface area (Å²) < 4.78 is 21.1. The topological polar surface area (TPSA) is 31.2 Å². The fourth-order valence-corrected chi connectivity index (χ4v) is 3.47. The van der Waals surface area contributed by atoms with Crippen LogP contribution in [0.3, 0.4) is 0 Å². The Morgan fingerprint density at radius 1 is 0.967 bits per heavy atom. The predicted molar refractivity (Wildman–Crippen MR) is 118 cm³/mol. The smallest absolute Gasteiger partial charge is 0.258 e. The van der Waals surface area contributed by atoms with Crippen LogP contribution in [0, 0.1) is 17.9 Å². The summed E-state index contributed by atoms with van der Waals surface area (Å²) >= 11 is 0. The molecule has 3 aromatic carbocycles. The van der Waals surface area contributed by atoms with Gasteiger partial charge in [-0.2, -0.15) is 0 Å². The van der Waals surface area contributed by atoms with E-state index in [-0.39, 0.29) is 11.4 Å². The van der Waals surface area contributed by atoms with Crippen LogP contribution in [0.15, 0.2) is 77.6 Å². The van der Waals surface area contributed by atoms with Crippen molar-refractivity contribution in [1.82, 2.24) is 4.57 Å². The highest BCUT2D eigenvalue weighted by molar-refractivity contribution is 5.96. The standard InChI is InChI=1S/C26H23FNO2/c1-18(2)15-28-16-25(20-8-10-21(27)11-9-20)24-14-22(12-13-23(24)26(28)29)30-17-19-6-4-3-5-7-19/h3-14,18H,15,17H2,1-2H3. The lowest BCUT2D eigenvalue weighted by molar-refractivity contribution is 0.306. The number of nitrogens with zero attached hydrogens (tertiary/aromatic N) is 1. The molecule has 151 valence electrons. The van der Waals surface area contributed by atoms with Gasteiger partial charge in [0.25, 0.3) is 5.56 Å². The number of pyridine rings is 1. The molecule has 0 amide bonds. The third kappa shape index (κ3) is 4.28. The number of fused-ring (bicyclic) bond motifs is 1. The van der Waals surface area contributed by atoms with Crippen molar-refractivity contribution in [3.8, 4) is 16.9 Å². The molecule has 4 rings (SSSR count). The molecule has 0 unspecified atom stereocenters. The van der Waals surface area contributed by atoms with Crippen molar-refractivity contribution in [2.75, 3.05) is 0 Å². The first-order chi connectivity index (χ1) is 14.5. The summed E-state index contributed by atoms with van der Waals surface area (Å²) in [5.74, 6) is 0.667. The van der Waals surface area contributed by atoms with Crippen LogP contribution in [0.5, 0.6) is 5.75 Å². The molecule has 1 radical (unpaired) electrons. The van der Waals surface area contributed by atoms with E-state index in [2.05, 4.69) is 20.0 Å². The number of benzene rings is 3. The summed E-state index contributed by atoms with van der Waals surface area (Å²) in [5, 5.41) is 1.35. The zero-order valence-corrected chi connectivity index (χ0v) is 17.1. The normalized spacial score (nSPS) is 11.2. The summed E-state index contributed by atoms with van der Waals surface area (Å²) in [6.07, 6.45) is 3.25. The van der Waals surface area contributed by atoms with Gasteiger partial charge in [-0.15, -0.1) is 0 Å². The molecule has 3 nitrogen and oxygen atoms in total. The lowest BCUT2D eigenvalue weighted by atomic mass is 10.00. The van der Waals surface area contributed by atoms with Gasteiger partial charge in [-0.3, -0.25) is 4.79 Å². The minimum absolute atomic E-state index is 0.0841. The molecule has 0 bridgehead atoms. The summed E-state index contributed by atoms with van der Waals surface area (Å²) in [6, 6.07) is 21.7. The highest BCUT2D eigenvalue weighted by Crippen LogP contribution is 2.30. The average molecular weight is 400 g/mol. The van der Waals surface area contributed by atoms with E-state index >= 15 is 0 Å². The Hall–Kier alpha value is -3.40. The largest absolute Gasteiger partial charge is 0.489 e. The SMILES string of the molecule is CC(C)Cn1[c]c(-c2ccc(F)cc2)c2cc(OCc3ccccc3)ccc2c1=O. The fraction of sp³-hybridized carbons (Fsp3) is 0.192. The summed E-state index contributed by atoms with van der Waals surface area (Å²) in [5.41, 5.74) is 2.55. The molecular formula is C26H23FNO2. The van der Waals surface area contributed by atoms with E-state index in [1.54, 1.807) is 22.8 Å². The first kappa shape index (κ1) is 19.9. The predicted octanol–water partition coefficient (Wildman–Crippen LogP) is 5.84. The number of rotatable bonds is 6. The maximum absolute atomic E-state index is 13.5. The van der Waals surface area contributed by atoms with Crippen LogP contribution in [-0.2, 0) is 13.2 Å². The first-order valence-electron chi connectivity index (χ1n) is 10.0. The van der Waals surface area contributed by atoms with Crippen molar-refractivity contribution in [2.45, 2.75) is 27.0 Å². The Labute approximate surface area is 175 Å². The molecule has 0 aliphatic rings. The highest BCUT2D eigenvalue weighted by Gasteiger charge is 2.13. The molecule has 0 aliphatic heterocycles. The van der Waals surface area contributed by atoms with Gasteiger partial charge in [0.05, 0.1) is 6.20 Å². The van der Waals surface area contributed by atoms with Gasteiger partial charge < -0.3 is 9.30 Å². The van der Waals surface area contributed by atoms with Crippen molar-refractivity contribution in [1.29, 1.82) is 0 Å². The zero-order valence-electron chi connectivity index (χ0n) is 17.1. The molecule has 0 N–H and O–H groups in total. The van der Waals surface area contributed by atoms with Gasteiger partial charge in [0.15, 0.2) is 0 Å². The third-order valence-corrected chi connectivity index (χ3v) is 4.91. The minimum Gasteiger partial charge on any atom is -0.489 e. The monoisotopic (exact) mass is 400 g/mol. The van der Waals surface area contributed by atoms with E-state index < -0.39 is 0 Å². The number of hydrogen-bond acceptors (Lipinski definition) is 2. The number of halogens is 1. The van der Waals surface area contributed by atoms with E-state index in [0.717, 1.165) is 22.1 Å². The lowest BCUT2D eigenvalue weighted by Crippen LogP contribution is -2.23.